The molecule has 0 aliphatic carbocycles. The van der Waals surface area contributed by atoms with Crippen LogP contribution in [-0.2, 0) is 14.3 Å². The van der Waals surface area contributed by atoms with Crippen LogP contribution >= 0.6 is 0 Å². The van der Waals surface area contributed by atoms with E-state index in [1.165, 1.54) is 173 Å². The Kier molecular flexibility index (Phi) is 48.6. The summed E-state index contributed by atoms with van der Waals surface area (Å²) in [6.45, 7) is 4.90. The number of allylic oxidation sites excluding steroid dienone is 4. The second-order valence-electron chi connectivity index (χ2n) is 18.2. The molecule has 1 amide bonds. The number of carbonyl (C=O) groups is 2. The molecule has 0 spiro atoms. The first-order chi connectivity index (χ1) is 29.5. The molecule has 0 aromatic rings. The summed E-state index contributed by atoms with van der Waals surface area (Å²) in [6, 6.07) is -0.557. The van der Waals surface area contributed by atoms with Crippen molar-refractivity contribution in [2.75, 3.05) is 13.2 Å². The van der Waals surface area contributed by atoms with Crippen molar-refractivity contribution in [3.05, 3.63) is 24.3 Å². The van der Waals surface area contributed by atoms with Crippen LogP contribution in [0.15, 0.2) is 24.3 Å². The molecule has 354 valence electrons. The van der Waals surface area contributed by atoms with Crippen LogP contribution in [-0.4, -0.2) is 47.4 Å². The van der Waals surface area contributed by atoms with E-state index in [4.69, 9.17) is 4.74 Å². The van der Waals surface area contributed by atoms with E-state index in [-0.39, 0.29) is 18.5 Å². The van der Waals surface area contributed by atoms with Crippen LogP contribution in [0.3, 0.4) is 0 Å². The molecular weight excluding hydrogens is 743 g/mol. The molecule has 0 fully saturated rings. The average Bonchev–Trinajstić information content (AvgIpc) is 3.25. The molecule has 3 N–H and O–H groups in total. The maximum Gasteiger partial charge on any atom is 0.305 e. The highest BCUT2D eigenvalue weighted by molar-refractivity contribution is 5.76. The number of carbonyl (C=O) groups excluding carboxylic acids is 2. The fourth-order valence-electron chi connectivity index (χ4n) is 8.16. The lowest BCUT2D eigenvalue weighted by molar-refractivity contribution is -0.143. The van der Waals surface area contributed by atoms with Crippen LogP contribution in [0.25, 0.3) is 0 Å². The second kappa shape index (κ2) is 50.0. The van der Waals surface area contributed by atoms with Crippen LogP contribution < -0.4 is 5.32 Å². The van der Waals surface area contributed by atoms with E-state index in [1.54, 1.807) is 0 Å². The van der Waals surface area contributed by atoms with Crippen molar-refractivity contribution in [3.8, 4) is 0 Å². The molecule has 0 bridgehead atoms. The van der Waals surface area contributed by atoms with Crippen LogP contribution in [0.5, 0.6) is 0 Å². The van der Waals surface area contributed by atoms with E-state index < -0.39 is 12.1 Å². The summed E-state index contributed by atoms with van der Waals surface area (Å²) in [7, 11) is 0. The highest BCUT2D eigenvalue weighted by Crippen LogP contribution is 2.16. The Hall–Kier alpha value is -1.66. The normalized spacial score (nSPS) is 12.8. The molecule has 60 heavy (non-hydrogen) atoms. The third kappa shape index (κ3) is 45.9. The highest BCUT2D eigenvalue weighted by atomic mass is 16.5. The van der Waals surface area contributed by atoms with Crippen LogP contribution in [0.2, 0.25) is 0 Å². The molecule has 0 aliphatic heterocycles. The highest BCUT2D eigenvalue weighted by Gasteiger charge is 2.20. The van der Waals surface area contributed by atoms with E-state index in [9.17, 15) is 19.8 Å². The summed E-state index contributed by atoms with van der Waals surface area (Å²) in [6.07, 6.45) is 58.6. The van der Waals surface area contributed by atoms with Gasteiger partial charge < -0.3 is 20.3 Å². The number of hydrogen-bond acceptors (Lipinski definition) is 5. The van der Waals surface area contributed by atoms with Gasteiger partial charge in [0, 0.05) is 12.8 Å². The van der Waals surface area contributed by atoms with Gasteiger partial charge in [0.15, 0.2) is 0 Å². The zero-order valence-electron chi connectivity index (χ0n) is 40.2. The first kappa shape index (κ1) is 58.3. The number of esters is 1. The predicted molar refractivity (Wildman–Crippen MR) is 260 cm³/mol. The molecule has 0 aromatic heterocycles. The van der Waals surface area contributed by atoms with Gasteiger partial charge in [-0.1, -0.05) is 237 Å². The van der Waals surface area contributed by atoms with E-state index in [2.05, 4.69) is 43.5 Å². The maximum absolute atomic E-state index is 12.4. The van der Waals surface area contributed by atoms with Gasteiger partial charge in [0.2, 0.25) is 5.91 Å². The topological polar surface area (TPSA) is 95.9 Å². The van der Waals surface area contributed by atoms with Crippen LogP contribution in [0, 0.1) is 0 Å². The molecule has 0 rings (SSSR count). The number of hydrogen-bond donors (Lipinski definition) is 3. The number of amides is 1. The SMILES string of the molecule is CCCCCCCCCCCCCCCCCC(O)C(CO)NC(=O)CCCCCCCC/C=C\C=C/CCCCCOC(=O)CCCCCCCCCCCCCCC. The summed E-state index contributed by atoms with van der Waals surface area (Å²) in [4.78, 5) is 24.4. The molecule has 6 heteroatoms. The maximum atomic E-state index is 12.4. The van der Waals surface area contributed by atoms with Gasteiger partial charge in [-0.15, -0.1) is 0 Å². The van der Waals surface area contributed by atoms with Crippen molar-refractivity contribution >= 4 is 11.9 Å². The zero-order valence-corrected chi connectivity index (χ0v) is 40.2. The third-order valence-electron chi connectivity index (χ3n) is 12.3. The van der Waals surface area contributed by atoms with Gasteiger partial charge in [-0.2, -0.15) is 0 Å². The smallest absolute Gasteiger partial charge is 0.305 e. The standard InChI is InChI=1S/C54H103NO5/c1-3-5-7-9-11-13-15-17-19-23-26-30-34-38-42-46-52(57)51(50-56)55-53(58)47-43-39-35-31-27-24-20-18-21-25-29-33-37-41-45-49-60-54(59)48-44-40-36-32-28-22-16-14-12-10-8-6-4-2/h18,21,25,29,51-52,56-57H,3-17,19-20,22-24,26-28,30-50H2,1-2H3,(H,55,58)/b21-18-,29-25-. The minimum absolute atomic E-state index is 0.0201. The van der Waals surface area contributed by atoms with Gasteiger partial charge >= 0.3 is 5.97 Å². The Balaban J connectivity index is 3.52. The number of unbranched alkanes of at least 4 members (excludes halogenated alkanes) is 35. The van der Waals surface area contributed by atoms with Crippen molar-refractivity contribution in [1.29, 1.82) is 0 Å². The lowest BCUT2D eigenvalue weighted by Gasteiger charge is -2.22. The van der Waals surface area contributed by atoms with Crippen LogP contribution in [0.4, 0.5) is 0 Å². The summed E-state index contributed by atoms with van der Waals surface area (Å²) in [5.41, 5.74) is 0. The summed E-state index contributed by atoms with van der Waals surface area (Å²) < 4.78 is 5.44. The molecule has 2 unspecified atom stereocenters. The number of rotatable bonds is 49. The monoisotopic (exact) mass is 846 g/mol. The second-order valence-corrected chi connectivity index (χ2v) is 18.2. The number of nitrogens with one attached hydrogen (secondary N) is 1. The molecule has 0 saturated carbocycles. The average molecular weight is 846 g/mol. The summed E-state index contributed by atoms with van der Waals surface area (Å²) >= 11 is 0. The summed E-state index contributed by atoms with van der Waals surface area (Å²) in [5, 5.41) is 23.2. The predicted octanol–water partition coefficient (Wildman–Crippen LogP) is 15.9. The van der Waals surface area contributed by atoms with E-state index in [1.807, 2.05) is 0 Å². The third-order valence-corrected chi connectivity index (χ3v) is 12.3. The molecule has 0 aliphatic rings. The number of aliphatic hydroxyl groups is 2. The molecule has 0 aromatic carbocycles. The van der Waals surface area contributed by atoms with E-state index >= 15 is 0 Å². The Morgan fingerprint density at radius 2 is 0.817 bits per heavy atom. The van der Waals surface area contributed by atoms with Crippen molar-refractivity contribution in [2.45, 2.75) is 296 Å². The van der Waals surface area contributed by atoms with Crippen molar-refractivity contribution in [2.24, 2.45) is 0 Å². The van der Waals surface area contributed by atoms with Gasteiger partial charge in [-0.25, -0.2) is 0 Å². The lowest BCUT2D eigenvalue weighted by atomic mass is 10.0. The number of aliphatic hydroxyl groups excluding tert-OH is 2. The fourth-order valence-corrected chi connectivity index (χ4v) is 8.16. The zero-order chi connectivity index (χ0) is 43.7. The molecule has 6 nitrogen and oxygen atoms in total. The van der Waals surface area contributed by atoms with Gasteiger partial charge in [-0.05, 0) is 57.8 Å². The van der Waals surface area contributed by atoms with E-state index in [0.717, 1.165) is 77.0 Å². The number of ether oxygens (including phenoxy) is 1. The Labute approximate surface area is 373 Å². The molecule has 0 heterocycles. The van der Waals surface area contributed by atoms with Gasteiger partial charge in [0.1, 0.15) is 0 Å². The Morgan fingerprint density at radius 1 is 0.467 bits per heavy atom. The van der Waals surface area contributed by atoms with E-state index in [0.29, 0.717) is 25.9 Å². The summed E-state index contributed by atoms with van der Waals surface area (Å²) in [5.74, 6) is -0.0767. The molecular formula is C54H103NO5. The minimum atomic E-state index is -0.678. The Bertz CT molecular complexity index is 935. The van der Waals surface area contributed by atoms with Crippen LogP contribution in [0.1, 0.15) is 284 Å². The Morgan fingerprint density at radius 3 is 1.23 bits per heavy atom. The fraction of sp³-hybridized carbons (Fsp3) is 0.889. The first-order valence-corrected chi connectivity index (χ1v) is 26.6. The largest absolute Gasteiger partial charge is 0.466 e. The van der Waals surface area contributed by atoms with Crippen molar-refractivity contribution in [3.63, 3.8) is 0 Å². The van der Waals surface area contributed by atoms with Gasteiger partial charge in [0.05, 0.1) is 25.4 Å². The first-order valence-electron chi connectivity index (χ1n) is 26.6. The molecule has 0 saturated heterocycles. The molecule has 2 atom stereocenters. The van der Waals surface area contributed by atoms with Crippen molar-refractivity contribution < 1.29 is 24.5 Å². The quantitative estimate of drug-likeness (QED) is 0.0322. The van der Waals surface area contributed by atoms with Crippen molar-refractivity contribution in [1.82, 2.24) is 5.32 Å². The van der Waals surface area contributed by atoms with Gasteiger partial charge in [-0.3, -0.25) is 9.59 Å². The molecule has 0 radical (unpaired) electrons. The minimum Gasteiger partial charge on any atom is -0.466 e. The van der Waals surface area contributed by atoms with Gasteiger partial charge in [0.25, 0.3) is 0 Å². The lowest BCUT2D eigenvalue weighted by Crippen LogP contribution is -2.45.